The molecule has 0 radical (unpaired) electrons. The SMILES string of the molecule is O=C(O)C1(Nc2cc(F)c(I)cc2[N+](=O)[O-])CCCCC1. The molecule has 0 atom stereocenters. The van der Waals surface area contributed by atoms with E-state index >= 15 is 0 Å². The van der Waals surface area contributed by atoms with Gasteiger partial charge in [0.1, 0.15) is 17.0 Å². The molecular weight excluding hydrogens is 394 g/mol. The van der Waals surface area contributed by atoms with Gasteiger partial charge in [-0.2, -0.15) is 0 Å². The minimum absolute atomic E-state index is 0.0813. The average molecular weight is 408 g/mol. The molecule has 1 aromatic rings. The molecule has 0 aliphatic heterocycles. The molecule has 114 valence electrons. The highest BCUT2D eigenvalue weighted by molar-refractivity contribution is 14.1. The second-order valence-electron chi connectivity index (χ2n) is 5.11. The van der Waals surface area contributed by atoms with Crippen molar-refractivity contribution in [2.75, 3.05) is 5.32 Å². The van der Waals surface area contributed by atoms with Crippen molar-refractivity contribution in [3.63, 3.8) is 0 Å². The summed E-state index contributed by atoms with van der Waals surface area (Å²) in [5, 5.41) is 23.3. The first-order chi connectivity index (χ1) is 9.85. The molecule has 1 aromatic carbocycles. The molecule has 6 nitrogen and oxygen atoms in total. The fourth-order valence-corrected chi connectivity index (χ4v) is 3.04. The lowest BCUT2D eigenvalue weighted by molar-refractivity contribution is -0.384. The van der Waals surface area contributed by atoms with E-state index in [0.717, 1.165) is 31.4 Å². The van der Waals surface area contributed by atoms with Gasteiger partial charge in [-0.3, -0.25) is 10.1 Å². The van der Waals surface area contributed by atoms with Gasteiger partial charge in [-0.25, -0.2) is 9.18 Å². The van der Waals surface area contributed by atoms with Crippen LogP contribution in [0.15, 0.2) is 12.1 Å². The maximum absolute atomic E-state index is 13.7. The van der Waals surface area contributed by atoms with E-state index in [1.165, 1.54) is 0 Å². The third kappa shape index (κ3) is 3.25. The van der Waals surface area contributed by atoms with Gasteiger partial charge in [0.05, 0.1) is 8.49 Å². The van der Waals surface area contributed by atoms with Crippen molar-refractivity contribution in [1.29, 1.82) is 0 Å². The summed E-state index contributed by atoms with van der Waals surface area (Å²) in [6.07, 6.45) is 3.11. The number of hydrogen-bond acceptors (Lipinski definition) is 4. The average Bonchev–Trinajstić information content (AvgIpc) is 2.43. The first-order valence-corrected chi connectivity index (χ1v) is 7.59. The number of benzene rings is 1. The molecular formula is C13H14FIN2O4. The van der Waals surface area contributed by atoms with E-state index in [0.29, 0.717) is 12.8 Å². The Hall–Kier alpha value is -1.45. The zero-order chi connectivity index (χ0) is 15.6. The van der Waals surface area contributed by atoms with Crippen LogP contribution >= 0.6 is 22.6 Å². The van der Waals surface area contributed by atoms with Gasteiger partial charge in [0.25, 0.3) is 5.69 Å². The van der Waals surface area contributed by atoms with Gasteiger partial charge < -0.3 is 10.4 Å². The predicted molar refractivity (Wildman–Crippen MR) is 82.8 cm³/mol. The molecule has 0 unspecified atom stereocenters. The minimum atomic E-state index is -1.26. The number of rotatable bonds is 4. The Morgan fingerprint density at radius 2 is 2.00 bits per heavy atom. The summed E-state index contributed by atoms with van der Waals surface area (Å²) in [6, 6.07) is 2.11. The van der Waals surface area contributed by atoms with Crippen molar-refractivity contribution in [2.24, 2.45) is 0 Å². The number of carboxylic acids is 1. The van der Waals surface area contributed by atoms with Crippen LogP contribution in [0.1, 0.15) is 32.1 Å². The first-order valence-electron chi connectivity index (χ1n) is 6.51. The van der Waals surface area contributed by atoms with Crippen molar-refractivity contribution in [3.05, 3.63) is 31.6 Å². The molecule has 0 saturated heterocycles. The smallest absolute Gasteiger partial charge is 0.329 e. The summed E-state index contributed by atoms with van der Waals surface area (Å²) in [7, 11) is 0. The molecule has 2 N–H and O–H groups in total. The highest BCUT2D eigenvalue weighted by Crippen LogP contribution is 2.36. The Kier molecular flexibility index (Phi) is 4.64. The number of nitro benzene ring substituents is 1. The zero-order valence-electron chi connectivity index (χ0n) is 11.1. The number of hydrogen-bond donors (Lipinski definition) is 2. The maximum Gasteiger partial charge on any atom is 0.329 e. The van der Waals surface area contributed by atoms with Crippen molar-refractivity contribution in [1.82, 2.24) is 0 Å². The number of nitrogens with zero attached hydrogens (tertiary/aromatic N) is 1. The second kappa shape index (κ2) is 6.12. The van der Waals surface area contributed by atoms with Crippen molar-refractivity contribution in [2.45, 2.75) is 37.6 Å². The Morgan fingerprint density at radius 1 is 1.38 bits per heavy atom. The van der Waals surface area contributed by atoms with Crippen LogP contribution in [0.4, 0.5) is 15.8 Å². The number of aliphatic carboxylic acids is 1. The molecule has 8 heteroatoms. The Bertz CT molecular complexity index is 588. The molecule has 0 amide bonds. The Labute approximate surface area is 134 Å². The zero-order valence-corrected chi connectivity index (χ0v) is 13.2. The van der Waals surface area contributed by atoms with Crippen LogP contribution in [0.3, 0.4) is 0 Å². The summed E-state index contributed by atoms with van der Waals surface area (Å²) in [5.74, 6) is -1.67. The molecule has 2 rings (SSSR count). The third-order valence-corrected chi connectivity index (χ3v) is 4.55. The van der Waals surface area contributed by atoms with Gasteiger partial charge in [0.15, 0.2) is 0 Å². The second-order valence-corrected chi connectivity index (χ2v) is 6.28. The summed E-state index contributed by atoms with van der Waals surface area (Å²) in [6.45, 7) is 0. The molecule has 21 heavy (non-hydrogen) atoms. The van der Waals surface area contributed by atoms with Crippen LogP contribution in [-0.4, -0.2) is 21.5 Å². The summed E-state index contributed by atoms with van der Waals surface area (Å²) in [4.78, 5) is 22.0. The fourth-order valence-electron chi connectivity index (χ4n) is 2.59. The first kappa shape index (κ1) is 15.9. The Morgan fingerprint density at radius 3 is 2.52 bits per heavy atom. The van der Waals surface area contributed by atoms with Crippen molar-refractivity contribution >= 4 is 39.9 Å². The number of nitrogens with one attached hydrogen (secondary N) is 1. The molecule has 1 aliphatic rings. The lowest BCUT2D eigenvalue weighted by Crippen LogP contribution is -2.48. The van der Waals surface area contributed by atoms with E-state index in [1.807, 2.05) is 0 Å². The summed E-state index contributed by atoms with van der Waals surface area (Å²) >= 11 is 1.66. The maximum atomic E-state index is 13.7. The van der Waals surface area contributed by atoms with E-state index in [4.69, 9.17) is 0 Å². The topological polar surface area (TPSA) is 92.5 Å². The molecule has 1 aliphatic carbocycles. The van der Waals surface area contributed by atoms with E-state index < -0.39 is 22.2 Å². The van der Waals surface area contributed by atoms with Gasteiger partial charge >= 0.3 is 5.97 Å². The summed E-state index contributed by atoms with van der Waals surface area (Å²) in [5.41, 5.74) is -1.66. The monoisotopic (exact) mass is 408 g/mol. The molecule has 1 saturated carbocycles. The van der Waals surface area contributed by atoms with Crippen LogP contribution in [0.5, 0.6) is 0 Å². The molecule has 0 heterocycles. The number of anilines is 1. The van der Waals surface area contributed by atoms with Gasteiger partial charge in [0.2, 0.25) is 0 Å². The van der Waals surface area contributed by atoms with Gasteiger partial charge in [-0.15, -0.1) is 0 Å². The predicted octanol–water partition coefficient (Wildman–Crippen LogP) is 3.54. The van der Waals surface area contributed by atoms with Crippen LogP contribution in [0, 0.1) is 19.5 Å². The van der Waals surface area contributed by atoms with E-state index in [9.17, 15) is 24.4 Å². The highest BCUT2D eigenvalue weighted by atomic mass is 127. The van der Waals surface area contributed by atoms with Crippen LogP contribution in [-0.2, 0) is 4.79 Å². The highest BCUT2D eigenvalue weighted by Gasteiger charge is 2.41. The molecule has 0 spiro atoms. The lowest BCUT2D eigenvalue weighted by Gasteiger charge is -2.34. The molecule has 0 aromatic heterocycles. The van der Waals surface area contributed by atoms with Gasteiger partial charge in [0, 0.05) is 12.1 Å². The third-order valence-electron chi connectivity index (χ3n) is 3.73. The number of carboxylic acid groups (broad SMARTS) is 1. The number of nitro groups is 1. The van der Waals surface area contributed by atoms with E-state index in [2.05, 4.69) is 5.32 Å². The normalized spacial score (nSPS) is 17.2. The van der Waals surface area contributed by atoms with E-state index in [1.54, 1.807) is 22.6 Å². The molecule has 1 fully saturated rings. The Balaban J connectivity index is 2.43. The van der Waals surface area contributed by atoms with Crippen molar-refractivity contribution < 1.29 is 19.2 Å². The largest absolute Gasteiger partial charge is 0.480 e. The van der Waals surface area contributed by atoms with Gasteiger partial charge in [-0.05, 0) is 35.4 Å². The fraction of sp³-hybridized carbons (Fsp3) is 0.462. The van der Waals surface area contributed by atoms with Crippen molar-refractivity contribution in [3.8, 4) is 0 Å². The van der Waals surface area contributed by atoms with Crippen LogP contribution in [0.25, 0.3) is 0 Å². The summed E-state index contributed by atoms with van der Waals surface area (Å²) < 4.78 is 13.8. The standard InChI is InChI=1S/C13H14FIN2O4/c14-8-6-10(11(17(20)21)7-9(8)15)16-13(12(18)19)4-2-1-3-5-13/h6-7,16H,1-5H2,(H,18,19). The number of carbonyl (C=O) groups is 1. The van der Waals surface area contributed by atoms with E-state index in [-0.39, 0.29) is 14.9 Å². The van der Waals surface area contributed by atoms with Crippen LogP contribution < -0.4 is 5.32 Å². The molecule has 0 bridgehead atoms. The quantitative estimate of drug-likeness (QED) is 0.452. The van der Waals surface area contributed by atoms with Gasteiger partial charge in [-0.1, -0.05) is 19.3 Å². The van der Waals surface area contributed by atoms with Crippen LogP contribution in [0.2, 0.25) is 0 Å². The minimum Gasteiger partial charge on any atom is -0.480 e. The number of halogens is 2. The lowest BCUT2D eigenvalue weighted by atomic mass is 9.81.